The summed E-state index contributed by atoms with van der Waals surface area (Å²) in [5.74, 6) is 0.493. The normalized spacial score (nSPS) is 15.0. The second-order valence-corrected chi connectivity index (χ2v) is 6.51. The summed E-state index contributed by atoms with van der Waals surface area (Å²) in [5.41, 5.74) is -0.164. The van der Waals surface area contributed by atoms with Crippen molar-refractivity contribution in [1.82, 2.24) is 24.7 Å². The summed E-state index contributed by atoms with van der Waals surface area (Å²) in [4.78, 5) is 16.0. The van der Waals surface area contributed by atoms with Gasteiger partial charge in [0.1, 0.15) is 17.9 Å². The largest absolute Gasteiger partial charge is 0.484 e. The number of ether oxygens (including phenoxy) is 1. The molecule has 1 fully saturated rings. The van der Waals surface area contributed by atoms with Crippen LogP contribution in [-0.4, -0.2) is 63.4 Å². The number of aromatic nitrogens is 4. The maximum absolute atomic E-state index is 12.8. The van der Waals surface area contributed by atoms with Crippen LogP contribution in [0.5, 0.6) is 5.75 Å². The highest BCUT2D eigenvalue weighted by molar-refractivity contribution is 5.78. The Hall–Kier alpha value is -3.37. The Kier molecular flexibility index (Phi) is 4.95. The third-order valence-corrected chi connectivity index (χ3v) is 4.63. The van der Waals surface area contributed by atoms with Crippen LogP contribution in [0.3, 0.4) is 0 Å². The van der Waals surface area contributed by atoms with Gasteiger partial charge in [-0.1, -0.05) is 6.07 Å². The zero-order valence-corrected chi connectivity index (χ0v) is 15.2. The first-order valence-electron chi connectivity index (χ1n) is 8.90. The van der Waals surface area contributed by atoms with Gasteiger partial charge < -0.3 is 14.5 Å². The summed E-state index contributed by atoms with van der Waals surface area (Å²) in [7, 11) is 0. The molecular formula is C18H17F3N6O2. The molecule has 1 amide bonds. The van der Waals surface area contributed by atoms with Crippen LogP contribution in [0.25, 0.3) is 5.65 Å². The monoisotopic (exact) mass is 406 g/mol. The number of carbonyl (C=O) groups excluding carboxylic acids is 1. The van der Waals surface area contributed by atoms with Crippen LogP contribution in [0.15, 0.2) is 42.7 Å². The average molecular weight is 406 g/mol. The van der Waals surface area contributed by atoms with E-state index in [2.05, 4.69) is 15.3 Å². The first-order valence-corrected chi connectivity index (χ1v) is 8.90. The molecule has 3 aromatic rings. The minimum absolute atomic E-state index is 0.0123. The molecule has 1 aliphatic rings. The standard InChI is InChI=1S/C18H17F3N6O2/c19-18(20,21)13-2-1-3-14(10-13)29-11-17(28)26-8-6-25(7-9-26)16-5-4-15-23-22-12-27(15)24-16/h1-5,10,12H,6-9,11H2. The van der Waals surface area contributed by atoms with Crippen LogP contribution in [-0.2, 0) is 11.0 Å². The molecule has 8 nitrogen and oxygen atoms in total. The summed E-state index contributed by atoms with van der Waals surface area (Å²) in [5, 5.41) is 12.1. The summed E-state index contributed by atoms with van der Waals surface area (Å²) < 4.78 is 45.1. The number of hydrogen-bond acceptors (Lipinski definition) is 6. The van der Waals surface area contributed by atoms with Crippen molar-refractivity contribution in [3.63, 3.8) is 0 Å². The molecule has 1 aromatic carbocycles. The SMILES string of the molecule is O=C(COc1cccc(C(F)(F)F)c1)N1CCN(c2ccc3nncn3n2)CC1. The lowest BCUT2D eigenvalue weighted by atomic mass is 10.2. The first kappa shape index (κ1) is 19.0. The minimum atomic E-state index is -4.45. The van der Waals surface area contributed by atoms with Gasteiger partial charge in [0.2, 0.25) is 0 Å². The lowest BCUT2D eigenvalue weighted by molar-refractivity contribution is -0.137. The molecular weight excluding hydrogens is 389 g/mol. The number of hydrogen-bond donors (Lipinski definition) is 0. The van der Waals surface area contributed by atoms with Gasteiger partial charge in [-0.2, -0.15) is 17.7 Å². The summed E-state index contributed by atoms with van der Waals surface area (Å²) >= 11 is 0. The molecule has 0 saturated carbocycles. The molecule has 11 heteroatoms. The lowest BCUT2D eigenvalue weighted by Gasteiger charge is -2.35. The summed E-state index contributed by atoms with van der Waals surface area (Å²) in [6.45, 7) is 1.78. The Morgan fingerprint density at radius 3 is 2.66 bits per heavy atom. The molecule has 0 unspecified atom stereocenters. The van der Waals surface area contributed by atoms with E-state index in [1.165, 1.54) is 18.5 Å². The molecule has 1 saturated heterocycles. The number of rotatable bonds is 4. The molecule has 1 aliphatic heterocycles. The molecule has 0 spiro atoms. The van der Waals surface area contributed by atoms with Crippen molar-refractivity contribution < 1.29 is 22.7 Å². The van der Waals surface area contributed by atoms with Gasteiger partial charge in [0.15, 0.2) is 12.3 Å². The average Bonchev–Trinajstić information content (AvgIpc) is 3.19. The zero-order valence-electron chi connectivity index (χ0n) is 15.2. The number of piperazine rings is 1. The second-order valence-electron chi connectivity index (χ2n) is 6.51. The molecule has 3 heterocycles. The van der Waals surface area contributed by atoms with Crippen LogP contribution in [0.4, 0.5) is 19.0 Å². The Bertz CT molecular complexity index is 1010. The van der Waals surface area contributed by atoms with Gasteiger partial charge in [0.25, 0.3) is 5.91 Å². The van der Waals surface area contributed by atoms with Crippen LogP contribution < -0.4 is 9.64 Å². The number of carbonyl (C=O) groups is 1. The lowest BCUT2D eigenvalue weighted by Crippen LogP contribution is -2.50. The number of alkyl halides is 3. The minimum Gasteiger partial charge on any atom is -0.484 e. The number of benzene rings is 1. The molecule has 0 radical (unpaired) electrons. The molecule has 0 bridgehead atoms. The highest BCUT2D eigenvalue weighted by Gasteiger charge is 2.30. The topological polar surface area (TPSA) is 75.9 Å². The Morgan fingerprint density at radius 1 is 1.10 bits per heavy atom. The fraction of sp³-hybridized carbons (Fsp3) is 0.333. The fourth-order valence-corrected chi connectivity index (χ4v) is 3.07. The maximum atomic E-state index is 12.8. The van der Waals surface area contributed by atoms with Crippen molar-refractivity contribution in [2.45, 2.75) is 6.18 Å². The van der Waals surface area contributed by atoms with E-state index in [1.54, 1.807) is 9.42 Å². The van der Waals surface area contributed by atoms with E-state index in [1.807, 2.05) is 17.0 Å². The fourth-order valence-electron chi connectivity index (χ4n) is 3.07. The Balaban J connectivity index is 1.31. The van der Waals surface area contributed by atoms with Crippen LogP contribution in [0.1, 0.15) is 5.56 Å². The van der Waals surface area contributed by atoms with Crippen molar-refractivity contribution in [1.29, 1.82) is 0 Å². The first-order chi connectivity index (χ1) is 13.9. The third kappa shape index (κ3) is 4.23. The van der Waals surface area contributed by atoms with Crippen LogP contribution >= 0.6 is 0 Å². The molecule has 29 heavy (non-hydrogen) atoms. The molecule has 0 N–H and O–H groups in total. The van der Waals surface area contributed by atoms with Crippen LogP contribution in [0, 0.1) is 0 Å². The van der Waals surface area contributed by atoms with Crippen molar-refractivity contribution in [3.05, 3.63) is 48.3 Å². The number of amides is 1. The second kappa shape index (κ2) is 7.57. The maximum Gasteiger partial charge on any atom is 0.416 e. The van der Waals surface area contributed by atoms with Crippen molar-refractivity contribution in [3.8, 4) is 5.75 Å². The highest BCUT2D eigenvalue weighted by atomic mass is 19.4. The molecule has 0 atom stereocenters. The van der Waals surface area contributed by atoms with Crippen molar-refractivity contribution >= 4 is 17.4 Å². The molecule has 152 valence electrons. The van der Waals surface area contributed by atoms with Gasteiger partial charge >= 0.3 is 6.18 Å². The van der Waals surface area contributed by atoms with Gasteiger partial charge in [-0.05, 0) is 30.3 Å². The van der Waals surface area contributed by atoms with E-state index in [0.29, 0.717) is 31.8 Å². The molecule has 2 aromatic heterocycles. The Labute approximate surface area is 163 Å². The number of halogens is 3. The Morgan fingerprint density at radius 2 is 1.90 bits per heavy atom. The van der Waals surface area contributed by atoms with Crippen molar-refractivity contribution in [2.75, 3.05) is 37.7 Å². The third-order valence-electron chi connectivity index (χ3n) is 4.63. The summed E-state index contributed by atoms with van der Waals surface area (Å²) in [6.07, 6.45) is -2.94. The van der Waals surface area contributed by atoms with E-state index in [-0.39, 0.29) is 18.3 Å². The van der Waals surface area contributed by atoms with Gasteiger partial charge in [0, 0.05) is 26.2 Å². The van der Waals surface area contributed by atoms with Crippen LogP contribution in [0.2, 0.25) is 0 Å². The number of anilines is 1. The van der Waals surface area contributed by atoms with Crippen molar-refractivity contribution in [2.24, 2.45) is 0 Å². The van der Waals surface area contributed by atoms with E-state index < -0.39 is 11.7 Å². The quantitative estimate of drug-likeness (QED) is 0.659. The van der Waals surface area contributed by atoms with E-state index >= 15 is 0 Å². The predicted octanol–water partition coefficient (Wildman–Crippen LogP) is 1.87. The smallest absolute Gasteiger partial charge is 0.416 e. The van der Waals surface area contributed by atoms with E-state index in [9.17, 15) is 18.0 Å². The zero-order chi connectivity index (χ0) is 20.4. The van der Waals surface area contributed by atoms with Gasteiger partial charge in [-0.3, -0.25) is 4.79 Å². The predicted molar refractivity (Wildman–Crippen MR) is 96.5 cm³/mol. The summed E-state index contributed by atoms with van der Waals surface area (Å²) in [6, 6.07) is 8.15. The molecule has 4 rings (SSSR count). The van der Waals surface area contributed by atoms with E-state index in [0.717, 1.165) is 18.0 Å². The van der Waals surface area contributed by atoms with E-state index in [4.69, 9.17) is 4.74 Å². The van der Waals surface area contributed by atoms with Gasteiger partial charge in [0.05, 0.1) is 5.56 Å². The highest BCUT2D eigenvalue weighted by Crippen LogP contribution is 2.31. The molecule has 0 aliphatic carbocycles. The van der Waals surface area contributed by atoms with Gasteiger partial charge in [-0.25, -0.2) is 0 Å². The number of nitrogens with zero attached hydrogens (tertiary/aromatic N) is 6. The number of fused-ring (bicyclic) bond motifs is 1. The van der Waals surface area contributed by atoms with Gasteiger partial charge in [-0.15, -0.1) is 15.3 Å².